The zero-order valence-electron chi connectivity index (χ0n) is 30.5. The first-order valence-electron chi connectivity index (χ1n) is 17.4. The van der Waals surface area contributed by atoms with Crippen LogP contribution in [-0.4, -0.2) is 85.7 Å². The van der Waals surface area contributed by atoms with E-state index in [-0.39, 0.29) is 36.1 Å². The van der Waals surface area contributed by atoms with Crippen molar-refractivity contribution in [1.82, 2.24) is 20.3 Å². The van der Waals surface area contributed by atoms with Crippen LogP contribution in [-0.2, 0) is 34.7 Å². The number of alkyl carbamates (subject to hydrolysis) is 1. The Bertz CT molecular complexity index is 1290. The number of rotatable bonds is 13. The van der Waals surface area contributed by atoms with Crippen LogP contribution in [0.2, 0.25) is 0 Å². The van der Waals surface area contributed by atoms with Crippen molar-refractivity contribution < 1.29 is 37.4 Å². The molecule has 4 N–H and O–H groups in total. The topological polar surface area (TPSA) is 171 Å². The Hall–Kier alpha value is -3.29. The van der Waals surface area contributed by atoms with Crippen LogP contribution in [0.15, 0.2) is 42.5 Å². The molecule has 49 heavy (non-hydrogen) atoms. The molecule has 3 amide bonds. The second kappa shape index (κ2) is 21.0. The number of amides is 3. The first-order valence-corrected chi connectivity index (χ1v) is 18.9. The van der Waals surface area contributed by atoms with Crippen molar-refractivity contribution in [2.45, 2.75) is 140 Å². The number of unbranched alkanes of at least 4 members (excludes halogenated alkanes) is 3. The lowest BCUT2D eigenvalue weighted by Gasteiger charge is -2.30. The van der Waals surface area contributed by atoms with E-state index in [2.05, 4.69) is 21.4 Å². The van der Waals surface area contributed by atoms with Crippen molar-refractivity contribution >= 4 is 34.7 Å². The maximum atomic E-state index is 13.9. The Kier molecular flexibility index (Phi) is 18.8. The van der Waals surface area contributed by atoms with E-state index in [1.54, 1.807) is 20.8 Å². The van der Waals surface area contributed by atoms with Crippen LogP contribution in [0, 0.1) is 0 Å². The Morgan fingerprint density at radius 3 is 2.16 bits per heavy atom. The number of carbonyl (C=O) groups is 4. The normalized spacial score (nSPS) is 20.7. The molecule has 2 saturated carbocycles. The Morgan fingerprint density at radius 1 is 1.06 bits per heavy atom. The molecule has 1 unspecified atom stereocenters. The third-order valence-electron chi connectivity index (χ3n) is 8.00. The van der Waals surface area contributed by atoms with Crippen LogP contribution in [0.3, 0.4) is 0 Å². The maximum absolute atomic E-state index is 13.9. The van der Waals surface area contributed by atoms with Crippen molar-refractivity contribution in [3.05, 3.63) is 48.0 Å². The molecule has 0 aromatic heterocycles. The molecule has 1 saturated heterocycles. The van der Waals surface area contributed by atoms with E-state index in [1.807, 2.05) is 64.0 Å². The van der Waals surface area contributed by atoms with E-state index in [0.717, 1.165) is 51.4 Å². The fourth-order valence-electron chi connectivity index (χ4n) is 5.24. The molecule has 3 atom stereocenters. The molecule has 13 heteroatoms. The molecule has 1 aliphatic heterocycles. The lowest BCUT2D eigenvalue weighted by Crippen LogP contribution is -2.54. The van der Waals surface area contributed by atoms with E-state index in [4.69, 9.17) is 9.53 Å². The SMILES string of the molecule is C/C=C\CCCCC[C@H](NC(=O)OC(C)(C)C)C(=O)N1C[C@](O)(c2ccccc2)CC1C(=O)NC1CC1.C=O.CC.CNS(=O)(=O)C1CC1. The van der Waals surface area contributed by atoms with Crippen LogP contribution in [0.5, 0.6) is 0 Å². The number of nitrogens with zero attached hydrogens (tertiary/aromatic N) is 1. The number of sulfonamides is 1. The number of benzene rings is 1. The fraction of sp³-hybridized carbons (Fsp3) is 0.667. The highest BCUT2D eigenvalue weighted by Crippen LogP contribution is 2.37. The molecule has 0 radical (unpaired) electrons. The predicted octanol–water partition coefficient (Wildman–Crippen LogP) is 4.71. The summed E-state index contributed by atoms with van der Waals surface area (Å²) in [5, 5.41) is 17.2. The molecule has 3 aliphatic rings. The number of likely N-dealkylation sites (tertiary alicyclic amines) is 1. The molecule has 278 valence electrons. The molecule has 12 nitrogen and oxygen atoms in total. The lowest BCUT2D eigenvalue weighted by atomic mass is 9.91. The molecule has 1 aromatic rings. The molecule has 0 spiro atoms. The van der Waals surface area contributed by atoms with E-state index < -0.39 is 39.4 Å². The van der Waals surface area contributed by atoms with Crippen molar-refractivity contribution in [3.63, 3.8) is 0 Å². The Morgan fingerprint density at radius 2 is 1.67 bits per heavy atom. The van der Waals surface area contributed by atoms with Crippen LogP contribution in [0.4, 0.5) is 4.79 Å². The highest BCUT2D eigenvalue weighted by atomic mass is 32.2. The monoisotopic (exact) mass is 708 g/mol. The molecular weight excluding hydrogens is 648 g/mol. The highest BCUT2D eigenvalue weighted by molar-refractivity contribution is 7.90. The van der Waals surface area contributed by atoms with Gasteiger partial charge < -0.3 is 30.2 Å². The number of hydrogen-bond acceptors (Lipinski definition) is 8. The molecular formula is C36H60N4O8S. The number of ether oxygens (including phenoxy) is 1. The Labute approximate surface area is 293 Å². The zero-order valence-corrected chi connectivity index (χ0v) is 31.3. The fourth-order valence-corrected chi connectivity index (χ4v) is 6.33. The summed E-state index contributed by atoms with van der Waals surface area (Å²) in [6.07, 6.45) is 11.1. The molecule has 1 aromatic carbocycles. The van der Waals surface area contributed by atoms with Gasteiger partial charge in [-0.2, -0.15) is 0 Å². The van der Waals surface area contributed by atoms with Crippen LogP contribution >= 0.6 is 0 Å². The van der Waals surface area contributed by atoms with Gasteiger partial charge >= 0.3 is 6.09 Å². The van der Waals surface area contributed by atoms with Crippen LogP contribution < -0.4 is 15.4 Å². The van der Waals surface area contributed by atoms with Crippen LogP contribution in [0.25, 0.3) is 0 Å². The number of β-amino-alcohol motifs (C(OH)–C–C–N with tert-alkyl or cyclic N) is 1. The molecule has 1 heterocycles. The summed E-state index contributed by atoms with van der Waals surface area (Å²) < 4.78 is 29.0. The van der Waals surface area contributed by atoms with Gasteiger partial charge in [-0.3, -0.25) is 9.59 Å². The largest absolute Gasteiger partial charge is 0.444 e. The van der Waals surface area contributed by atoms with Gasteiger partial charge in [-0.05, 0) is 85.3 Å². The molecule has 2 aliphatic carbocycles. The minimum absolute atomic E-state index is 0.0214. The summed E-state index contributed by atoms with van der Waals surface area (Å²) >= 11 is 0. The first kappa shape index (κ1) is 43.7. The summed E-state index contributed by atoms with van der Waals surface area (Å²) in [5.74, 6) is -0.632. The van der Waals surface area contributed by atoms with E-state index in [0.29, 0.717) is 12.0 Å². The minimum atomic E-state index is -2.88. The van der Waals surface area contributed by atoms with E-state index in [9.17, 15) is 27.9 Å². The van der Waals surface area contributed by atoms with Crippen LogP contribution in [0.1, 0.15) is 111 Å². The number of hydrogen-bond donors (Lipinski definition) is 4. The van der Waals surface area contributed by atoms with Gasteiger partial charge in [-0.25, -0.2) is 17.9 Å². The standard InChI is InChI=1S/C29H43N3O5.C4H9NO2S.C2H6.CH2O/c1-5-6-7-8-9-13-16-23(31-27(35)37-28(2,3)4)26(34)32-20-29(36,21-14-11-10-12-15-21)19-24(32)25(33)30-22-17-18-22;1-5-8(6,7)4-2-3-4;2*1-2/h5-6,10-12,14-15,22-24,36H,7-9,13,16-20H2,1-4H3,(H,30,33)(H,31,35);4-5H,2-3H2,1H3;1-2H3;1H2/b6-5-;;;/t23-,24?,29-;;;/m0.../s1. The summed E-state index contributed by atoms with van der Waals surface area (Å²) in [4.78, 5) is 49.2. The van der Waals surface area contributed by atoms with Gasteiger partial charge in [0.25, 0.3) is 0 Å². The predicted molar refractivity (Wildman–Crippen MR) is 192 cm³/mol. The minimum Gasteiger partial charge on any atom is -0.444 e. The Balaban J connectivity index is 0.000000854. The van der Waals surface area contributed by atoms with Gasteiger partial charge in [0.2, 0.25) is 21.8 Å². The number of nitrogens with one attached hydrogen (secondary N) is 3. The van der Waals surface area contributed by atoms with E-state index >= 15 is 0 Å². The van der Waals surface area contributed by atoms with Crippen molar-refractivity contribution in [1.29, 1.82) is 0 Å². The average molecular weight is 709 g/mol. The summed E-state index contributed by atoms with van der Waals surface area (Å²) in [7, 11) is -1.42. The van der Waals surface area contributed by atoms with Gasteiger partial charge in [0.1, 0.15) is 30.1 Å². The summed E-state index contributed by atoms with van der Waals surface area (Å²) in [6, 6.07) is 7.59. The number of carbonyl (C=O) groups excluding carboxylic acids is 4. The van der Waals surface area contributed by atoms with E-state index in [1.165, 1.54) is 11.9 Å². The average Bonchev–Trinajstić information content (AvgIpc) is 4.02. The zero-order chi connectivity index (χ0) is 37.3. The van der Waals surface area contributed by atoms with Crippen molar-refractivity contribution in [2.75, 3.05) is 13.6 Å². The third-order valence-corrected chi connectivity index (χ3v) is 9.91. The van der Waals surface area contributed by atoms with Gasteiger partial charge in [-0.15, -0.1) is 0 Å². The smallest absolute Gasteiger partial charge is 0.408 e. The molecule has 3 fully saturated rings. The molecule has 0 bridgehead atoms. The first-order chi connectivity index (χ1) is 23.2. The summed E-state index contributed by atoms with van der Waals surface area (Å²) in [5.41, 5.74) is -1.40. The van der Waals surface area contributed by atoms with Gasteiger partial charge in [-0.1, -0.05) is 69.2 Å². The maximum Gasteiger partial charge on any atom is 0.408 e. The third kappa shape index (κ3) is 15.4. The second-order valence-corrected chi connectivity index (χ2v) is 15.4. The quantitative estimate of drug-likeness (QED) is 0.169. The van der Waals surface area contributed by atoms with Gasteiger partial charge in [0.15, 0.2) is 0 Å². The lowest BCUT2D eigenvalue weighted by molar-refractivity contribution is -0.140. The second-order valence-electron chi connectivity index (χ2n) is 13.2. The van der Waals surface area contributed by atoms with Crippen molar-refractivity contribution in [3.8, 4) is 0 Å². The highest BCUT2D eigenvalue weighted by Gasteiger charge is 2.50. The summed E-state index contributed by atoms with van der Waals surface area (Å²) in [6.45, 7) is 13.3. The van der Waals surface area contributed by atoms with Crippen molar-refractivity contribution in [2.24, 2.45) is 0 Å². The van der Waals surface area contributed by atoms with Gasteiger partial charge in [0, 0.05) is 12.5 Å². The number of allylic oxidation sites excluding steroid dienone is 2. The molecule has 4 rings (SSSR count). The van der Waals surface area contributed by atoms with Gasteiger partial charge in [0.05, 0.1) is 11.8 Å². The number of aliphatic hydroxyl groups is 1.